The van der Waals surface area contributed by atoms with Crippen LogP contribution in [0.5, 0.6) is 11.5 Å². The SMILES string of the molecule is Cc1nc(C)c(Cn2cnc(C(F)C(F)(F)F)c(Oc3cc(C(F)(F)F)cc(C#N)c3Cl)c2=O)c(=O)[nH]1. The van der Waals surface area contributed by atoms with E-state index in [0.717, 1.165) is 0 Å². The van der Waals surface area contributed by atoms with E-state index in [9.17, 15) is 40.3 Å². The number of H-pyrrole nitrogens is 1. The number of aromatic amines is 1. The molecule has 1 N–H and O–H groups in total. The molecule has 1 atom stereocenters. The smallest absolute Gasteiger partial charge is 0.425 e. The second-order valence-electron chi connectivity index (χ2n) is 7.56. The highest BCUT2D eigenvalue weighted by molar-refractivity contribution is 6.33. The van der Waals surface area contributed by atoms with Crippen molar-refractivity contribution in [3.63, 3.8) is 0 Å². The van der Waals surface area contributed by atoms with Gasteiger partial charge in [0.1, 0.15) is 28.4 Å². The maximum absolute atomic E-state index is 14.3. The molecule has 1 unspecified atom stereocenters. The lowest BCUT2D eigenvalue weighted by Gasteiger charge is -2.18. The lowest BCUT2D eigenvalue weighted by atomic mass is 10.1. The van der Waals surface area contributed by atoms with Crippen LogP contribution in [-0.4, -0.2) is 25.7 Å². The molecule has 8 nitrogen and oxygen atoms in total. The van der Waals surface area contributed by atoms with E-state index in [0.29, 0.717) is 17.0 Å². The van der Waals surface area contributed by atoms with Gasteiger partial charge in [0.25, 0.3) is 11.1 Å². The van der Waals surface area contributed by atoms with Gasteiger partial charge in [0.2, 0.25) is 11.9 Å². The number of hydrogen-bond donors (Lipinski definition) is 1. The average Bonchev–Trinajstić information content (AvgIpc) is 2.77. The molecule has 3 aromatic rings. The van der Waals surface area contributed by atoms with Crippen molar-refractivity contribution < 1.29 is 35.5 Å². The van der Waals surface area contributed by atoms with Crippen LogP contribution in [0.25, 0.3) is 0 Å². The van der Waals surface area contributed by atoms with Gasteiger partial charge in [-0.3, -0.25) is 14.2 Å². The molecule has 0 saturated heterocycles. The lowest BCUT2D eigenvalue weighted by molar-refractivity contribution is -0.184. The average molecular weight is 552 g/mol. The standard InChI is InChI=1S/C21H13ClF7N5O3/c1-8-12(18(35)33-9(2)32-8)6-34-7-31-15(17(23)21(27,28)29)16(19(34)36)37-13-4-11(20(24,25)26)3-10(5-30)14(13)22/h3-4,7,17H,6H2,1-2H3,(H,32,33,35). The molecule has 2 heterocycles. The Labute approximate surface area is 206 Å². The predicted molar refractivity (Wildman–Crippen MR) is 113 cm³/mol. The number of benzene rings is 1. The number of aromatic nitrogens is 4. The van der Waals surface area contributed by atoms with Crippen molar-refractivity contribution in [2.24, 2.45) is 0 Å². The zero-order valence-electron chi connectivity index (χ0n) is 18.6. The minimum Gasteiger partial charge on any atom is -0.448 e. The van der Waals surface area contributed by atoms with E-state index in [1.807, 2.05) is 0 Å². The van der Waals surface area contributed by atoms with Gasteiger partial charge < -0.3 is 9.72 Å². The molecule has 0 bridgehead atoms. The van der Waals surface area contributed by atoms with Crippen molar-refractivity contribution in [1.82, 2.24) is 19.5 Å². The summed E-state index contributed by atoms with van der Waals surface area (Å²) in [6.45, 7) is 2.27. The highest BCUT2D eigenvalue weighted by Gasteiger charge is 2.45. The molecule has 0 aliphatic heterocycles. The molecular weight excluding hydrogens is 539 g/mol. The minimum absolute atomic E-state index is 0.107. The molecule has 37 heavy (non-hydrogen) atoms. The number of alkyl halides is 7. The van der Waals surface area contributed by atoms with Crippen LogP contribution in [0.3, 0.4) is 0 Å². The number of rotatable bonds is 5. The van der Waals surface area contributed by atoms with E-state index in [4.69, 9.17) is 21.6 Å². The molecule has 16 heteroatoms. The van der Waals surface area contributed by atoms with Gasteiger partial charge in [0.05, 0.1) is 29.6 Å². The Hall–Kier alpha value is -3.93. The number of nitrogens with zero attached hydrogens (tertiary/aromatic N) is 4. The minimum atomic E-state index is -5.58. The van der Waals surface area contributed by atoms with Crippen molar-refractivity contribution in [2.45, 2.75) is 38.9 Å². The monoisotopic (exact) mass is 551 g/mol. The first kappa shape index (κ1) is 27.7. The van der Waals surface area contributed by atoms with Crippen molar-refractivity contribution in [1.29, 1.82) is 5.26 Å². The van der Waals surface area contributed by atoms with Crippen LogP contribution in [0, 0.1) is 25.2 Å². The first-order chi connectivity index (χ1) is 17.0. The topological polar surface area (TPSA) is 114 Å². The van der Waals surface area contributed by atoms with Crippen LogP contribution < -0.4 is 15.9 Å². The third kappa shape index (κ3) is 5.74. The molecule has 0 radical (unpaired) electrons. The van der Waals surface area contributed by atoms with Gasteiger partial charge in [-0.2, -0.15) is 31.6 Å². The summed E-state index contributed by atoms with van der Waals surface area (Å²) in [7, 11) is 0. The normalized spacial score (nSPS) is 12.8. The summed E-state index contributed by atoms with van der Waals surface area (Å²) in [6, 6.07) is 1.94. The number of aryl methyl sites for hydroxylation is 2. The highest BCUT2D eigenvalue weighted by atomic mass is 35.5. The van der Waals surface area contributed by atoms with Gasteiger partial charge in [-0.15, -0.1) is 0 Å². The molecule has 2 aromatic heterocycles. The van der Waals surface area contributed by atoms with E-state index >= 15 is 0 Å². The third-order valence-corrected chi connectivity index (χ3v) is 5.31. The molecule has 0 spiro atoms. The molecule has 0 amide bonds. The summed E-state index contributed by atoms with van der Waals surface area (Å²) >= 11 is 5.87. The summed E-state index contributed by atoms with van der Waals surface area (Å²) < 4.78 is 99.1. The molecular formula is C21H13ClF7N5O3. The van der Waals surface area contributed by atoms with E-state index in [2.05, 4.69) is 15.0 Å². The zero-order chi connectivity index (χ0) is 27.9. The maximum atomic E-state index is 14.3. The number of ether oxygens (including phenoxy) is 1. The molecule has 3 rings (SSSR count). The van der Waals surface area contributed by atoms with Gasteiger partial charge in [-0.25, -0.2) is 14.4 Å². The molecule has 0 aliphatic rings. The molecule has 0 aliphatic carbocycles. The van der Waals surface area contributed by atoms with Gasteiger partial charge in [0, 0.05) is 5.69 Å². The summed E-state index contributed by atoms with van der Waals surface area (Å²) in [5, 5.41) is 8.32. The number of halogens is 8. The number of nitriles is 1. The third-order valence-electron chi connectivity index (χ3n) is 4.92. The van der Waals surface area contributed by atoms with E-state index in [-0.39, 0.29) is 23.1 Å². The first-order valence-corrected chi connectivity index (χ1v) is 10.3. The van der Waals surface area contributed by atoms with Crippen molar-refractivity contribution in [3.8, 4) is 17.6 Å². The zero-order valence-corrected chi connectivity index (χ0v) is 19.3. The van der Waals surface area contributed by atoms with Gasteiger partial charge >= 0.3 is 12.4 Å². The van der Waals surface area contributed by atoms with Gasteiger partial charge in [0.15, 0.2) is 0 Å². The Bertz CT molecular complexity index is 1520. The van der Waals surface area contributed by atoms with Crippen molar-refractivity contribution >= 4 is 11.6 Å². The molecule has 196 valence electrons. The second kappa shape index (κ2) is 9.85. The lowest BCUT2D eigenvalue weighted by Crippen LogP contribution is -2.30. The Morgan fingerprint density at radius 2 is 1.84 bits per heavy atom. The Kier molecular flexibility index (Phi) is 7.36. The van der Waals surface area contributed by atoms with Crippen LogP contribution in [0.2, 0.25) is 5.02 Å². The maximum Gasteiger partial charge on any atom is 0.425 e. The number of nitrogens with one attached hydrogen (secondary N) is 1. The Morgan fingerprint density at radius 1 is 1.19 bits per heavy atom. The van der Waals surface area contributed by atoms with Crippen LogP contribution in [-0.2, 0) is 12.7 Å². The summed E-state index contributed by atoms with van der Waals surface area (Å²) in [5.74, 6) is -2.27. The molecule has 0 fully saturated rings. The summed E-state index contributed by atoms with van der Waals surface area (Å²) in [5.41, 5.74) is -5.99. The van der Waals surface area contributed by atoms with Crippen LogP contribution in [0.1, 0.15) is 40.1 Å². The van der Waals surface area contributed by atoms with E-state index < -0.39 is 69.5 Å². The summed E-state index contributed by atoms with van der Waals surface area (Å²) in [4.78, 5) is 35.0. The van der Waals surface area contributed by atoms with Crippen LogP contribution in [0.4, 0.5) is 30.7 Å². The van der Waals surface area contributed by atoms with Crippen molar-refractivity contribution in [3.05, 3.63) is 78.1 Å². The predicted octanol–water partition coefficient (Wildman–Crippen LogP) is 4.90. The first-order valence-electron chi connectivity index (χ1n) is 9.89. The van der Waals surface area contributed by atoms with Crippen LogP contribution >= 0.6 is 11.6 Å². The Balaban J connectivity index is 2.25. The highest BCUT2D eigenvalue weighted by Crippen LogP contribution is 2.42. The molecule has 1 aromatic carbocycles. The van der Waals surface area contributed by atoms with Gasteiger partial charge in [-0.1, -0.05) is 11.6 Å². The van der Waals surface area contributed by atoms with E-state index in [1.54, 1.807) is 0 Å². The fourth-order valence-electron chi connectivity index (χ4n) is 3.16. The summed E-state index contributed by atoms with van der Waals surface area (Å²) in [6.07, 6.45) is -14.0. The van der Waals surface area contributed by atoms with E-state index in [1.165, 1.54) is 19.9 Å². The fourth-order valence-corrected chi connectivity index (χ4v) is 3.35. The fraction of sp³-hybridized carbons (Fsp3) is 0.286. The number of hydrogen-bond acceptors (Lipinski definition) is 6. The van der Waals surface area contributed by atoms with Gasteiger partial charge in [-0.05, 0) is 26.0 Å². The van der Waals surface area contributed by atoms with Crippen LogP contribution in [0.15, 0.2) is 28.0 Å². The second-order valence-corrected chi connectivity index (χ2v) is 7.94. The van der Waals surface area contributed by atoms with Crippen molar-refractivity contribution in [2.75, 3.05) is 0 Å². The quantitative estimate of drug-likeness (QED) is 0.451. The largest absolute Gasteiger partial charge is 0.448 e. The Morgan fingerprint density at radius 3 is 2.38 bits per heavy atom. The molecule has 0 saturated carbocycles.